The van der Waals surface area contributed by atoms with Crippen molar-refractivity contribution < 1.29 is 31.7 Å². The Morgan fingerprint density at radius 3 is 2.85 bits per heavy atom. The molecule has 3 rings (SSSR count). The number of rotatable bonds is 7. The lowest BCUT2D eigenvalue weighted by Crippen LogP contribution is -2.50. The van der Waals surface area contributed by atoms with Gasteiger partial charge in [-0.15, -0.1) is 4.28 Å². The molecular weight excluding hydrogens is 370 g/mol. The molecule has 0 aromatic carbocycles. The molecule has 13 heteroatoms. The van der Waals surface area contributed by atoms with Crippen molar-refractivity contribution in [3.8, 4) is 0 Å². The maximum absolute atomic E-state index is 12.3. The van der Waals surface area contributed by atoms with E-state index in [0.29, 0.717) is 30.4 Å². The third kappa shape index (κ3) is 4.24. The van der Waals surface area contributed by atoms with Crippen molar-refractivity contribution in [3.63, 3.8) is 0 Å². The van der Waals surface area contributed by atoms with Gasteiger partial charge in [0.1, 0.15) is 6.04 Å². The second-order valence-electron chi connectivity index (χ2n) is 6.73. The van der Waals surface area contributed by atoms with Crippen LogP contribution in [0.1, 0.15) is 19.3 Å². The molecule has 3 aliphatic rings. The molecule has 5 N–H and O–H groups in total. The second-order valence-corrected chi connectivity index (χ2v) is 7.73. The molecule has 3 aliphatic heterocycles. The fourth-order valence-electron chi connectivity index (χ4n) is 3.59. The van der Waals surface area contributed by atoms with E-state index in [1.807, 2.05) is 0 Å². The van der Waals surface area contributed by atoms with Crippen molar-refractivity contribution in [2.75, 3.05) is 26.2 Å². The van der Waals surface area contributed by atoms with Crippen LogP contribution in [0.25, 0.3) is 0 Å². The Balaban J connectivity index is 1.49. The number of amides is 3. The Labute approximate surface area is 150 Å². The molecule has 3 heterocycles. The zero-order chi connectivity index (χ0) is 18.9. The largest absolute Gasteiger partial charge is 0.418 e. The van der Waals surface area contributed by atoms with Crippen LogP contribution in [0.2, 0.25) is 0 Å². The van der Waals surface area contributed by atoms with Crippen molar-refractivity contribution in [3.05, 3.63) is 0 Å². The molecule has 0 aromatic rings. The quantitative estimate of drug-likeness (QED) is 0.282. The van der Waals surface area contributed by atoms with Gasteiger partial charge in [-0.3, -0.25) is 14.2 Å². The van der Waals surface area contributed by atoms with Crippen LogP contribution in [0.5, 0.6) is 0 Å². The van der Waals surface area contributed by atoms with Gasteiger partial charge in [0.15, 0.2) is 0 Å². The molecule has 4 atom stereocenters. The second kappa shape index (κ2) is 7.62. The zero-order valence-electron chi connectivity index (χ0n) is 14.0. The van der Waals surface area contributed by atoms with E-state index in [4.69, 9.17) is 15.1 Å². The van der Waals surface area contributed by atoms with Crippen molar-refractivity contribution in [2.45, 2.75) is 37.4 Å². The Hall–Kier alpha value is -1.51. The Kier molecular flexibility index (Phi) is 5.64. The number of hydroxylamine groups is 3. The summed E-state index contributed by atoms with van der Waals surface area (Å²) in [6.07, 6.45) is 1.55. The third-order valence-corrected chi connectivity index (χ3v) is 5.25. The summed E-state index contributed by atoms with van der Waals surface area (Å²) in [6.45, 7) is 1.82. The highest BCUT2D eigenvalue weighted by Gasteiger charge is 2.49. The van der Waals surface area contributed by atoms with E-state index in [1.54, 1.807) is 0 Å². The van der Waals surface area contributed by atoms with Crippen LogP contribution in [0.15, 0.2) is 0 Å². The molecule has 3 amide bonds. The summed E-state index contributed by atoms with van der Waals surface area (Å²) >= 11 is 0. The number of fused-ring (bicyclic) bond motifs is 2. The molecule has 0 aromatic heterocycles. The van der Waals surface area contributed by atoms with Gasteiger partial charge in [0, 0.05) is 12.6 Å². The summed E-state index contributed by atoms with van der Waals surface area (Å²) in [5.74, 6) is -0.0931. The fourth-order valence-corrected chi connectivity index (χ4v) is 3.98. The van der Waals surface area contributed by atoms with E-state index in [9.17, 15) is 18.0 Å². The first kappa shape index (κ1) is 19.3. The molecule has 2 bridgehead atoms. The van der Waals surface area contributed by atoms with Gasteiger partial charge >= 0.3 is 16.4 Å². The van der Waals surface area contributed by atoms with E-state index in [-0.39, 0.29) is 19.2 Å². The van der Waals surface area contributed by atoms with Crippen LogP contribution in [0, 0.1) is 5.92 Å². The maximum Gasteiger partial charge on any atom is 0.418 e. The van der Waals surface area contributed by atoms with Gasteiger partial charge < -0.3 is 16.0 Å². The van der Waals surface area contributed by atoms with Crippen LogP contribution >= 0.6 is 0 Å². The van der Waals surface area contributed by atoms with Crippen LogP contribution in [-0.2, 0) is 24.3 Å². The lowest BCUT2D eigenvalue weighted by molar-refractivity contribution is -0.139. The molecule has 148 valence electrons. The summed E-state index contributed by atoms with van der Waals surface area (Å²) < 4.78 is 34.8. The van der Waals surface area contributed by atoms with E-state index in [1.165, 1.54) is 4.90 Å². The molecule has 0 spiro atoms. The van der Waals surface area contributed by atoms with Gasteiger partial charge in [-0.25, -0.2) is 10.3 Å². The standard InChI is InChI=1S/C13H23N5O7S/c14-4-8-3-9(15-5-8)7-24-16-12(19)11-2-1-10-6-17(11)13(20)18(10)25-26(21,22)23/h8-11,15H,1-7,14H2,(H,16,19)(H,21,22,23)/t8-,9-,10+,11-/m0/s1. The third-order valence-electron chi connectivity index (χ3n) is 4.90. The molecular formula is C13H23N5O7S. The van der Waals surface area contributed by atoms with E-state index < -0.39 is 34.4 Å². The molecule has 0 unspecified atom stereocenters. The first-order chi connectivity index (χ1) is 12.3. The van der Waals surface area contributed by atoms with Gasteiger partial charge in [-0.05, 0) is 38.3 Å². The van der Waals surface area contributed by atoms with Gasteiger partial charge in [-0.2, -0.15) is 13.5 Å². The van der Waals surface area contributed by atoms with E-state index in [0.717, 1.165) is 13.0 Å². The Bertz CT molecular complexity index is 659. The number of urea groups is 1. The van der Waals surface area contributed by atoms with Gasteiger partial charge in [-0.1, -0.05) is 0 Å². The van der Waals surface area contributed by atoms with Crippen molar-refractivity contribution >= 4 is 22.3 Å². The summed E-state index contributed by atoms with van der Waals surface area (Å²) in [6, 6.07) is -2.01. The monoisotopic (exact) mass is 393 g/mol. The zero-order valence-corrected chi connectivity index (χ0v) is 14.9. The normalized spacial score (nSPS) is 31.5. The number of nitrogens with two attached hydrogens (primary N) is 1. The summed E-state index contributed by atoms with van der Waals surface area (Å²) in [5.41, 5.74) is 7.96. The molecule has 0 radical (unpaired) electrons. The van der Waals surface area contributed by atoms with Crippen LogP contribution in [0.3, 0.4) is 0 Å². The summed E-state index contributed by atoms with van der Waals surface area (Å²) in [5, 5.41) is 3.84. The average molecular weight is 393 g/mol. The predicted molar refractivity (Wildman–Crippen MR) is 86.4 cm³/mol. The molecule has 26 heavy (non-hydrogen) atoms. The van der Waals surface area contributed by atoms with Gasteiger partial charge in [0.2, 0.25) is 0 Å². The average Bonchev–Trinajstić information content (AvgIpc) is 3.13. The molecule has 3 fully saturated rings. The number of carbonyl (C=O) groups is 2. The van der Waals surface area contributed by atoms with E-state index >= 15 is 0 Å². The highest BCUT2D eigenvalue weighted by molar-refractivity contribution is 7.80. The minimum absolute atomic E-state index is 0.103. The van der Waals surface area contributed by atoms with Crippen LogP contribution in [0.4, 0.5) is 4.79 Å². The van der Waals surface area contributed by atoms with Gasteiger partial charge in [0.05, 0.1) is 12.6 Å². The highest BCUT2D eigenvalue weighted by atomic mass is 32.3. The minimum Gasteiger partial charge on any atom is -0.330 e. The number of nitrogens with one attached hydrogen (secondary N) is 2. The fraction of sp³-hybridized carbons (Fsp3) is 0.846. The molecule has 3 saturated heterocycles. The first-order valence-electron chi connectivity index (χ1n) is 8.40. The minimum atomic E-state index is -4.81. The number of nitrogens with zero attached hydrogens (tertiary/aromatic N) is 2. The maximum atomic E-state index is 12.3. The lowest BCUT2D eigenvalue weighted by atomic mass is 10.0. The topological polar surface area (TPSA) is 164 Å². The molecule has 0 saturated carbocycles. The van der Waals surface area contributed by atoms with E-state index in [2.05, 4.69) is 15.1 Å². The Morgan fingerprint density at radius 1 is 1.42 bits per heavy atom. The highest BCUT2D eigenvalue weighted by Crippen LogP contribution is 2.30. The molecule has 12 nitrogen and oxygen atoms in total. The number of carbonyl (C=O) groups excluding carboxylic acids is 2. The number of hydrogen-bond donors (Lipinski definition) is 4. The number of piperidine rings is 1. The van der Waals surface area contributed by atoms with Gasteiger partial charge in [0.25, 0.3) is 5.91 Å². The van der Waals surface area contributed by atoms with Crippen molar-refractivity contribution in [1.82, 2.24) is 20.8 Å². The van der Waals surface area contributed by atoms with Crippen molar-refractivity contribution in [2.24, 2.45) is 11.7 Å². The molecule has 0 aliphatic carbocycles. The first-order valence-corrected chi connectivity index (χ1v) is 9.77. The Morgan fingerprint density at radius 2 is 2.19 bits per heavy atom. The SMILES string of the molecule is NC[C@H]1CN[C@H](CONC(=O)[C@@H]2CC[C@@H]3CN2C(=O)N3OS(=O)(=O)O)C1. The van der Waals surface area contributed by atoms with Crippen LogP contribution in [-0.4, -0.2) is 79.2 Å². The smallest absolute Gasteiger partial charge is 0.330 e. The summed E-state index contributed by atoms with van der Waals surface area (Å²) in [7, 11) is -4.81. The predicted octanol–water partition coefficient (Wildman–Crippen LogP) is -2.03. The van der Waals surface area contributed by atoms with Crippen molar-refractivity contribution in [1.29, 1.82) is 0 Å². The summed E-state index contributed by atoms with van der Waals surface area (Å²) in [4.78, 5) is 31.0. The lowest BCUT2D eigenvalue weighted by Gasteiger charge is -2.29. The van der Waals surface area contributed by atoms with Crippen LogP contribution < -0.4 is 16.5 Å². The number of hydrogen-bond acceptors (Lipinski definition) is 8.